The highest BCUT2D eigenvalue weighted by Gasteiger charge is 2.09. The summed E-state index contributed by atoms with van der Waals surface area (Å²) < 4.78 is 5.30. The maximum absolute atomic E-state index is 11.6. The number of ether oxygens (including phenoxy) is 1. The molecule has 1 N–H and O–H groups in total. The fourth-order valence-electron chi connectivity index (χ4n) is 1.33. The molecule has 0 aromatic heterocycles. The number of carbonyl (C=O) groups is 1. The number of alkyl halides is 1. The summed E-state index contributed by atoms with van der Waals surface area (Å²) in [7, 11) is 0. The minimum Gasteiger partial charge on any atom is -0.391 e. The van der Waals surface area contributed by atoms with Gasteiger partial charge in [0.2, 0.25) is 0 Å². The van der Waals surface area contributed by atoms with Gasteiger partial charge in [0, 0.05) is 5.56 Å². The van der Waals surface area contributed by atoms with Gasteiger partial charge in [-0.05, 0) is 12.5 Å². The van der Waals surface area contributed by atoms with E-state index in [4.69, 9.17) is 9.84 Å². The van der Waals surface area contributed by atoms with Crippen molar-refractivity contribution in [1.29, 1.82) is 0 Å². The molecule has 0 saturated heterocycles. The molecule has 4 heteroatoms. The van der Waals surface area contributed by atoms with Crippen molar-refractivity contribution >= 4 is 21.7 Å². The van der Waals surface area contributed by atoms with E-state index < -0.39 is 6.10 Å². The number of aliphatic hydroxyl groups is 1. The molecule has 0 aliphatic heterocycles. The molecule has 88 valence electrons. The quantitative estimate of drug-likeness (QED) is 0.644. The van der Waals surface area contributed by atoms with E-state index in [0.29, 0.717) is 17.5 Å². The Bertz CT molecular complexity index is 350. The van der Waals surface area contributed by atoms with Gasteiger partial charge in [0.05, 0.1) is 24.6 Å². The Morgan fingerprint density at radius 1 is 1.50 bits per heavy atom. The first kappa shape index (κ1) is 13.4. The van der Waals surface area contributed by atoms with E-state index in [1.54, 1.807) is 13.0 Å². The van der Waals surface area contributed by atoms with Crippen LogP contribution >= 0.6 is 15.9 Å². The zero-order chi connectivity index (χ0) is 12.0. The number of Topliss-reactive ketones (excluding diaryl/α,β-unsaturated/α-hetero) is 1. The Morgan fingerprint density at radius 2 is 2.19 bits per heavy atom. The Kier molecular flexibility index (Phi) is 5.66. The molecule has 16 heavy (non-hydrogen) atoms. The van der Waals surface area contributed by atoms with Crippen LogP contribution in [0.2, 0.25) is 0 Å². The lowest BCUT2D eigenvalue weighted by Gasteiger charge is -2.09. The maximum Gasteiger partial charge on any atom is 0.173 e. The van der Waals surface area contributed by atoms with E-state index in [1.807, 2.05) is 18.2 Å². The fourth-order valence-corrected chi connectivity index (χ4v) is 1.63. The monoisotopic (exact) mass is 286 g/mol. The summed E-state index contributed by atoms with van der Waals surface area (Å²) in [4.78, 5) is 11.6. The van der Waals surface area contributed by atoms with Crippen molar-refractivity contribution in [3.8, 4) is 0 Å². The van der Waals surface area contributed by atoms with E-state index in [9.17, 15) is 4.79 Å². The van der Waals surface area contributed by atoms with E-state index in [-0.39, 0.29) is 12.4 Å². The highest BCUT2D eigenvalue weighted by Crippen LogP contribution is 2.12. The SMILES string of the molecule is C[C@H](O)COCc1ccccc1C(=O)CBr. The third-order valence-corrected chi connectivity index (χ3v) is 2.57. The summed E-state index contributed by atoms with van der Waals surface area (Å²) in [6.45, 7) is 2.28. The average molecular weight is 287 g/mol. The summed E-state index contributed by atoms with van der Waals surface area (Å²) in [5.74, 6) is 0.0382. The van der Waals surface area contributed by atoms with Gasteiger partial charge in [-0.25, -0.2) is 0 Å². The number of hydrogen-bond donors (Lipinski definition) is 1. The van der Waals surface area contributed by atoms with Crippen LogP contribution in [0.25, 0.3) is 0 Å². The van der Waals surface area contributed by atoms with Gasteiger partial charge in [-0.3, -0.25) is 4.79 Å². The molecule has 0 bridgehead atoms. The second-order valence-corrected chi connectivity index (χ2v) is 4.14. The van der Waals surface area contributed by atoms with Gasteiger partial charge >= 0.3 is 0 Å². The van der Waals surface area contributed by atoms with E-state index in [2.05, 4.69) is 15.9 Å². The number of aliphatic hydroxyl groups excluding tert-OH is 1. The fraction of sp³-hybridized carbons (Fsp3) is 0.417. The molecule has 0 spiro atoms. The molecule has 1 aromatic carbocycles. The molecule has 3 nitrogen and oxygen atoms in total. The minimum absolute atomic E-state index is 0.0382. The topological polar surface area (TPSA) is 46.5 Å². The van der Waals surface area contributed by atoms with Crippen LogP contribution < -0.4 is 0 Å². The summed E-state index contributed by atoms with van der Waals surface area (Å²) in [6, 6.07) is 7.34. The molecular formula is C12H15BrO3. The lowest BCUT2D eigenvalue weighted by atomic mass is 10.1. The van der Waals surface area contributed by atoms with Gasteiger partial charge < -0.3 is 9.84 Å². The summed E-state index contributed by atoms with van der Waals surface area (Å²) in [6.07, 6.45) is -0.487. The van der Waals surface area contributed by atoms with Crippen LogP contribution in [0.3, 0.4) is 0 Å². The molecule has 0 aliphatic carbocycles. The molecule has 0 fully saturated rings. The summed E-state index contributed by atoms with van der Waals surface area (Å²) in [5.41, 5.74) is 1.53. The molecule has 1 atom stereocenters. The lowest BCUT2D eigenvalue weighted by molar-refractivity contribution is 0.0373. The Balaban J connectivity index is 2.67. The average Bonchev–Trinajstić information content (AvgIpc) is 2.28. The zero-order valence-electron chi connectivity index (χ0n) is 9.15. The molecule has 0 saturated carbocycles. The first-order chi connectivity index (χ1) is 7.65. The van der Waals surface area contributed by atoms with Gasteiger partial charge in [0.25, 0.3) is 0 Å². The van der Waals surface area contributed by atoms with Gasteiger partial charge in [-0.15, -0.1) is 0 Å². The van der Waals surface area contributed by atoms with Gasteiger partial charge in [0.15, 0.2) is 5.78 Å². The van der Waals surface area contributed by atoms with Crippen molar-refractivity contribution in [2.24, 2.45) is 0 Å². The first-order valence-corrected chi connectivity index (χ1v) is 6.20. The van der Waals surface area contributed by atoms with E-state index in [0.717, 1.165) is 5.56 Å². The molecule has 0 heterocycles. The number of ketones is 1. The first-order valence-electron chi connectivity index (χ1n) is 5.08. The lowest BCUT2D eigenvalue weighted by Crippen LogP contribution is -2.12. The van der Waals surface area contributed by atoms with E-state index >= 15 is 0 Å². The standard InChI is InChI=1S/C12H15BrO3/c1-9(14)7-16-8-10-4-2-3-5-11(10)12(15)6-13/h2-5,9,14H,6-8H2,1H3/t9-/m0/s1. The van der Waals surface area contributed by atoms with Crippen molar-refractivity contribution in [3.63, 3.8) is 0 Å². The largest absolute Gasteiger partial charge is 0.391 e. The molecule has 1 rings (SSSR count). The van der Waals surface area contributed by atoms with Crippen LogP contribution in [-0.2, 0) is 11.3 Å². The predicted octanol–water partition coefficient (Wildman–Crippen LogP) is 2.16. The van der Waals surface area contributed by atoms with Crippen molar-refractivity contribution in [2.45, 2.75) is 19.6 Å². The van der Waals surface area contributed by atoms with Crippen molar-refractivity contribution in [3.05, 3.63) is 35.4 Å². The molecule has 0 radical (unpaired) electrons. The number of hydrogen-bond acceptors (Lipinski definition) is 3. The van der Waals surface area contributed by atoms with Crippen molar-refractivity contribution in [2.75, 3.05) is 11.9 Å². The maximum atomic E-state index is 11.6. The molecule has 1 aromatic rings. The predicted molar refractivity (Wildman–Crippen MR) is 65.9 cm³/mol. The number of halogens is 1. The highest BCUT2D eigenvalue weighted by molar-refractivity contribution is 9.09. The normalized spacial score (nSPS) is 12.4. The minimum atomic E-state index is -0.487. The highest BCUT2D eigenvalue weighted by atomic mass is 79.9. The summed E-state index contributed by atoms with van der Waals surface area (Å²) in [5, 5.41) is 9.36. The van der Waals surface area contributed by atoms with Gasteiger partial charge in [-0.1, -0.05) is 40.2 Å². The number of benzene rings is 1. The van der Waals surface area contributed by atoms with Gasteiger partial charge in [0.1, 0.15) is 0 Å². The van der Waals surface area contributed by atoms with Crippen molar-refractivity contribution < 1.29 is 14.6 Å². The second kappa shape index (κ2) is 6.78. The third kappa shape index (κ3) is 4.04. The van der Waals surface area contributed by atoms with Crippen LogP contribution in [0.4, 0.5) is 0 Å². The molecule has 0 amide bonds. The summed E-state index contributed by atoms with van der Waals surface area (Å²) >= 11 is 3.15. The Hall–Kier alpha value is -0.710. The van der Waals surface area contributed by atoms with Crippen molar-refractivity contribution in [1.82, 2.24) is 0 Å². The third-order valence-electron chi connectivity index (χ3n) is 2.06. The Morgan fingerprint density at radius 3 is 2.81 bits per heavy atom. The zero-order valence-corrected chi connectivity index (χ0v) is 10.7. The van der Waals surface area contributed by atoms with Crippen LogP contribution in [0.5, 0.6) is 0 Å². The molecular weight excluding hydrogens is 272 g/mol. The van der Waals surface area contributed by atoms with Crippen LogP contribution in [-0.4, -0.2) is 28.9 Å². The molecule has 0 aliphatic rings. The van der Waals surface area contributed by atoms with Gasteiger partial charge in [-0.2, -0.15) is 0 Å². The molecule has 0 unspecified atom stereocenters. The smallest absolute Gasteiger partial charge is 0.173 e. The second-order valence-electron chi connectivity index (χ2n) is 3.58. The van der Waals surface area contributed by atoms with Crippen LogP contribution in [0.15, 0.2) is 24.3 Å². The number of rotatable bonds is 6. The number of carbonyl (C=O) groups excluding carboxylic acids is 1. The van der Waals surface area contributed by atoms with Crippen LogP contribution in [0, 0.1) is 0 Å². The van der Waals surface area contributed by atoms with E-state index in [1.165, 1.54) is 0 Å². The van der Waals surface area contributed by atoms with Crippen LogP contribution in [0.1, 0.15) is 22.8 Å². The Labute approximate surface area is 104 Å².